The molecule has 1 aliphatic heterocycles. The molecule has 5 nitrogen and oxygen atoms in total. The molecule has 1 heterocycles. The number of hydrogen-bond acceptors (Lipinski definition) is 5. The second kappa shape index (κ2) is 7.38. The first-order valence-corrected chi connectivity index (χ1v) is 13.1. The van der Waals surface area contributed by atoms with Crippen molar-refractivity contribution in [1.29, 1.82) is 0 Å². The van der Waals surface area contributed by atoms with Gasteiger partial charge in [-0.2, -0.15) is 0 Å². The van der Waals surface area contributed by atoms with Crippen molar-refractivity contribution in [3.05, 3.63) is 59.2 Å². The molecule has 2 saturated carbocycles. The fourth-order valence-corrected chi connectivity index (χ4v) is 8.13. The van der Waals surface area contributed by atoms with Crippen LogP contribution in [0.25, 0.3) is 0 Å². The van der Waals surface area contributed by atoms with Crippen molar-refractivity contribution < 1.29 is 24.1 Å². The van der Waals surface area contributed by atoms with Crippen molar-refractivity contribution in [2.24, 2.45) is 34.5 Å². The largest absolute Gasteiger partial charge is 0.382 e. The van der Waals surface area contributed by atoms with Crippen LogP contribution in [0, 0.1) is 34.5 Å². The Morgan fingerprint density at radius 1 is 1.14 bits per heavy atom. The lowest BCUT2D eigenvalue weighted by molar-refractivity contribution is -0.306. The first kappa shape index (κ1) is 23.6. The number of fused-ring (bicyclic) bond motifs is 5. The van der Waals surface area contributed by atoms with E-state index in [0.717, 1.165) is 23.1 Å². The number of rotatable bonds is 3. The van der Waals surface area contributed by atoms with Crippen molar-refractivity contribution in [2.75, 3.05) is 6.61 Å². The maximum absolute atomic E-state index is 14.7. The van der Waals surface area contributed by atoms with Gasteiger partial charge in [0.2, 0.25) is 0 Å². The zero-order chi connectivity index (χ0) is 25.0. The van der Waals surface area contributed by atoms with Crippen molar-refractivity contribution in [2.45, 2.75) is 78.2 Å². The third kappa shape index (κ3) is 3.05. The molecule has 5 aliphatic rings. The van der Waals surface area contributed by atoms with Crippen LogP contribution >= 0.6 is 0 Å². The number of ether oxygens (including phenoxy) is 3. The number of carbonyl (C=O) groups excluding carboxylic acids is 1. The SMILES string of the molecule is CC1=C[C@@]23C(=O)[C@@H](C=C4COC(C)(C)O[C@H]4[C@]2(O)[C@H]1OCc1ccccc1)[C@H]1[C@@H](C[C@H]3C)C1(C)C. The zero-order valence-corrected chi connectivity index (χ0v) is 21.7. The quantitative estimate of drug-likeness (QED) is 0.630. The van der Waals surface area contributed by atoms with E-state index in [1.165, 1.54) is 0 Å². The number of benzene rings is 1. The fraction of sp³-hybridized carbons (Fsp3) is 0.633. The third-order valence-corrected chi connectivity index (χ3v) is 9.93. The molecule has 0 unspecified atom stereocenters. The van der Waals surface area contributed by atoms with E-state index in [0.29, 0.717) is 19.1 Å². The highest BCUT2D eigenvalue weighted by Crippen LogP contribution is 2.72. The Morgan fingerprint density at radius 2 is 1.86 bits per heavy atom. The smallest absolute Gasteiger partial charge is 0.164 e. The molecule has 0 aromatic heterocycles. The Hall–Kier alpha value is -1.79. The van der Waals surface area contributed by atoms with Crippen LogP contribution in [0.15, 0.2) is 53.6 Å². The van der Waals surface area contributed by atoms with E-state index in [1.54, 1.807) is 0 Å². The molecule has 0 amide bonds. The normalized spacial score (nSPS) is 44.7. The number of Topliss-reactive ketones (excluding diaryl/α,β-unsaturated/α-hetero) is 1. The lowest BCUT2D eigenvalue weighted by Gasteiger charge is -2.53. The fourth-order valence-electron chi connectivity index (χ4n) is 8.13. The van der Waals surface area contributed by atoms with E-state index in [2.05, 4.69) is 32.9 Å². The molecule has 1 aromatic rings. The van der Waals surface area contributed by atoms with E-state index < -0.39 is 29.0 Å². The van der Waals surface area contributed by atoms with Crippen LogP contribution in [0.5, 0.6) is 0 Å². The van der Waals surface area contributed by atoms with E-state index in [-0.39, 0.29) is 29.0 Å². The highest BCUT2D eigenvalue weighted by Gasteiger charge is 2.76. The number of aliphatic hydroxyl groups is 1. The van der Waals surface area contributed by atoms with Crippen LogP contribution in [-0.4, -0.2) is 41.1 Å². The van der Waals surface area contributed by atoms with Gasteiger partial charge in [0.05, 0.1) is 18.6 Å². The van der Waals surface area contributed by atoms with E-state index >= 15 is 0 Å². The first-order valence-electron chi connectivity index (χ1n) is 13.1. The number of carbonyl (C=O) groups is 1. The minimum absolute atomic E-state index is 0.0399. The molecule has 5 heteroatoms. The van der Waals surface area contributed by atoms with Crippen LogP contribution in [0.4, 0.5) is 0 Å². The van der Waals surface area contributed by atoms with Gasteiger partial charge in [-0.25, -0.2) is 0 Å². The Labute approximate surface area is 208 Å². The van der Waals surface area contributed by atoms with Crippen molar-refractivity contribution in [1.82, 2.24) is 0 Å². The summed E-state index contributed by atoms with van der Waals surface area (Å²) in [5.74, 6) is -0.303. The van der Waals surface area contributed by atoms with Crippen LogP contribution in [-0.2, 0) is 25.6 Å². The molecule has 8 atom stereocenters. The summed E-state index contributed by atoms with van der Waals surface area (Å²) in [4.78, 5) is 14.7. The Kier molecular flexibility index (Phi) is 4.97. The molecule has 6 rings (SSSR count). The molecule has 0 radical (unpaired) electrons. The van der Waals surface area contributed by atoms with Gasteiger partial charge in [0.1, 0.15) is 17.8 Å². The molecule has 1 N–H and O–H groups in total. The van der Waals surface area contributed by atoms with Gasteiger partial charge in [-0.05, 0) is 67.1 Å². The third-order valence-electron chi connectivity index (χ3n) is 9.93. The number of hydrogen-bond donors (Lipinski definition) is 1. The summed E-state index contributed by atoms with van der Waals surface area (Å²) >= 11 is 0. The van der Waals surface area contributed by atoms with Gasteiger partial charge in [0, 0.05) is 5.92 Å². The Balaban J connectivity index is 1.50. The molecule has 35 heavy (non-hydrogen) atoms. The Morgan fingerprint density at radius 3 is 2.57 bits per heavy atom. The standard InChI is InChI=1S/C30H38O5/c1-17-14-29-18(2)12-22-23(27(22,3)4)21(24(29)31)13-20-16-34-28(5,6)35-26(20)30(29,32)25(17)33-15-19-10-8-7-9-11-19/h7-11,13-14,18,21-23,25-26,32H,12,15-16H2,1-6H3/t18-,21+,22-,23+,25+,26-,29-,30-/m1/s1. The summed E-state index contributed by atoms with van der Waals surface area (Å²) in [5.41, 5.74) is 0.309. The molecule has 4 aliphatic carbocycles. The van der Waals surface area contributed by atoms with Crippen molar-refractivity contribution in [3.63, 3.8) is 0 Å². The lowest BCUT2D eigenvalue weighted by atomic mass is 9.59. The second-order valence-electron chi connectivity index (χ2n) is 12.7. The summed E-state index contributed by atoms with van der Waals surface area (Å²) in [6, 6.07) is 9.99. The number of ketones is 1. The molecule has 1 spiro atoms. The maximum Gasteiger partial charge on any atom is 0.164 e. The van der Waals surface area contributed by atoms with Gasteiger partial charge in [-0.1, -0.05) is 63.3 Å². The second-order valence-corrected chi connectivity index (χ2v) is 12.7. The van der Waals surface area contributed by atoms with Crippen LogP contribution < -0.4 is 0 Å². The summed E-state index contributed by atoms with van der Waals surface area (Å²) < 4.78 is 19.1. The van der Waals surface area contributed by atoms with Crippen molar-refractivity contribution in [3.8, 4) is 0 Å². The summed E-state index contributed by atoms with van der Waals surface area (Å²) in [5, 5.41) is 13.0. The zero-order valence-electron chi connectivity index (χ0n) is 21.7. The number of allylic oxidation sites excluding steroid dienone is 1. The molecule has 188 valence electrons. The molecule has 1 aromatic carbocycles. The van der Waals surface area contributed by atoms with Gasteiger partial charge in [0.25, 0.3) is 0 Å². The molecule has 2 bridgehead atoms. The van der Waals surface area contributed by atoms with Crippen LogP contribution in [0.2, 0.25) is 0 Å². The highest BCUT2D eigenvalue weighted by atomic mass is 16.7. The first-order chi connectivity index (χ1) is 16.4. The van der Waals surface area contributed by atoms with Gasteiger partial charge in [-0.15, -0.1) is 0 Å². The van der Waals surface area contributed by atoms with Gasteiger partial charge in [-0.3, -0.25) is 4.79 Å². The van der Waals surface area contributed by atoms with E-state index in [9.17, 15) is 9.90 Å². The average Bonchev–Trinajstić information content (AvgIpc) is 3.28. The molecular formula is C30H38O5. The van der Waals surface area contributed by atoms with Gasteiger partial charge < -0.3 is 19.3 Å². The van der Waals surface area contributed by atoms with Gasteiger partial charge >= 0.3 is 0 Å². The van der Waals surface area contributed by atoms with Gasteiger partial charge in [0.15, 0.2) is 11.6 Å². The topological polar surface area (TPSA) is 65.0 Å². The lowest BCUT2D eigenvalue weighted by Crippen LogP contribution is -2.68. The predicted octanol–water partition coefficient (Wildman–Crippen LogP) is 4.84. The summed E-state index contributed by atoms with van der Waals surface area (Å²) in [6.07, 6.45) is 3.73. The predicted molar refractivity (Wildman–Crippen MR) is 132 cm³/mol. The monoisotopic (exact) mass is 478 g/mol. The van der Waals surface area contributed by atoms with E-state index in [4.69, 9.17) is 14.2 Å². The van der Waals surface area contributed by atoms with E-state index in [1.807, 2.05) is 51.1 Å². The molecule has 1 saturated heterocycles. The van der Waals surface area contributed by atoms with Crippen LogP contribution in [0.1, 0.15) is 53.5 Å². The highest BCUT2D eigenvalue weighted by molar-refractivity contribution is 5.95. The minimum Gasteiger partial charge on any atom is -0.382 e. The molecule has 3 fully saturated rings. The van der Waals surface area contributed by atoms with Crippen molar-refractivity contribution >= 4 is 5.78 Å². The summed E-state index contributed by atoms with van der Waals surface area (Å²) in [6.45, 7) is 13.2. The summed E-state index contributed by atoms with van der Waals surface area (Å²) in [7, 11) is 0. The maximum atomic E-state index is 14.7. The van der Waals surface area contributed by atoms with Crippen LogP contribution in [0.3, 0.4) is 0 Å². The Bertz CT molecular complexity index is 1120. The molecular weight excluding hydrogens is 440 g/mol. The average molecular weight is 479 g/mol. The minimum atomic E-state index is -1.55.